The van der Waals surface area contributed by atoms with Gasteiger partial charge < -0.3 is 15.0 Å². The Hall–Kier alpha value is -3.81. The van der Waals surface area contributed by atoms with Gasteiger partial charge in [0.05, 0.1) is 16.6 Å². The van der Waals surface area contributed by atoms with Crippen molar-refractivity contribution in [3.8, 4) is 22.9 Å². The van der Waals surface area contributed by atoms with Gasteiger partial charge in [-0.1, -0.05) is 26.0 Å². The van der Waals surface area contributed by atoms with Gasteiger partial charge in [0.25, 0.3) is 5.91 Å². The van der Waals surface area contributed by atoms with Gasteiger partial charge in [-0.25, -0.2) is 4.98 Å². The maximum atomic E-state index is 13.2. The molecule has 1 aromatic heterocycles. The lowest BCUT2D eigenvalue weighted by Gasteiger charge is -2.13. The highest BCUT2D eigenvalue weighted by Crippen LogP contribution is 2.38. The van der Waals surface area contributed by atoms with Crippen molar-refractivity contribution >= 4 is 16.9 Å². The highest BCUT2D eigenvalue weighted by molar-refractivity contribution is 5.97. The Balaban J connectivity index is 1.50. The summed E-state index contributed by atoms with van der Waals surface area (Å²) in [4.78, 5) is 20.1. The number of halogens is 3. The summed E-state index contributed by atoms with van der Waals surface area (Å²) in [6.07, 6.45) is -3.60. The van der Waals surface area contributed by atoms with E-state index in [-0.39, 0.29) is 17.4 Å². The van der Waals surface area contributed by atoms with Crippen LogP contribution >= 0.6 is 0 Å². The first kappa shape index (κ1) is 23.4. The first-order valence-corrected chi connectivity index (χ1v) is 10.9. The van der Waals surface area contributed by atoms with Crippen molar-refractivity contribution < 1.29 is 22.7 Å². The lowest BCUT2D eigenvalue weighted by molar-refractivity contribution is -0.138. The van der Waals surface area contributed by atoms with E-state index in [2.05, 4.69) is 29.1 Å². The van der Waals surface area contributed by atoms with Gasteiger partial charge >= 0.3 is 6.18 Å². The summed E-state index contributed by atoms with van der Waals surface area (Å²) >= 11 is 0. The number of aromatic nitrogens is 2. The fourth-order valence-corrected chi connectivity index (χ4v) is 3.46. The summed E-state index contributed by atoms with van der Waals surface area (Å²) in [6.45, 7) is 4.82. The molecule has 0 bridgehead atoms. The molecule has 1 amide bonds. The van der Waals surface area contributed by atoms with E-state index in [1.54, 1.807) is 42.5 Å². The fraction of sp³-hybridized carbons (Fsp3) is 0.231. The van der Waals surface area contributed by atoms with Crippen LogP contribution < -0.4 is 10.1 Å². The minimum Gasteiger partial charge on any atom is -0.457 e. The molecule has 0 fully saturated rings. The van der Waals surface area contributed by atoms with E-state index in [4.69, 9.17) is 4.74 Å². The molecule has 2 N–H and O–H groups in total. The minimum absolute atomic E-state index is 0.140. The van der Waals surface area contributed by atoms with Crippen molar-refractivity contribution in [2.24, 2.45) is 5.92 Å². The molecule has 4 aromatic rings. The molecule has 34 heavy (non-hydrogen) atoms. The number of amides is 1. The van der Waals surface area contributed by atoms with Gasteiger partial charge in [-0.2, -0.15) is 13.2 Å². The number of rotatable bonds is 7. The number of ether oxygens (including phenoxy) is 1. The number of aromatic amines is 1. The number of alkyl halides is 3. The summed E-state index contributed by atoms with van der Waals surface area (Å²) < 4.78 is 45.1. The summed E-state index contributed by atoms with van der Waals surface area (Å²) in [5.74, 6) is 0.964. The molecule has 0 aliphatic carbocycles. The van der Waals surface area contributed by atoms with Crippen LogP contribution in [0.4, 0.5) is 13.2 Å². The highest BCUT2D eigenvalue weighted by atomic mass is 19.4. The lowest BCUT2D eigenvalue weighted by Crippen LogP contribution is -2.25. The molecule has 0 spiro atoms. The van der Waals surface area contributed by atoms with Crippen LogP contribution in [-0.4, -0.2) is 22.4 Å². The molecule has 0 saturated heterocycles. The topological polar surface area (TPSA) is 67.0 Å². The number of imidazole rings is 1. The van der Waals surface area contributed by atoms with Crippen LogP contribution in [0, 0.1) is 5.92 Å². The molecule has 5 nitrogen and oxygen atoms in total. The number of fused-ring (bicyclic) bond motifs is 1. The van der Waals surface area contributed by atoms with E-state index in [0.717, 1.165) is 18.1 Å². The molecular formula is C26H24F3N3O2. The molecule has 0 atom stereocenters. The van der Waals surface area contributed by atoms with Gasteiger partial charge in [-0.3, -0.25) is 4.79 Å². The molecular weight excluding hydrogens is 443 g/mol. The average Bonchev–Trinajstić information content (AvgIpc) is 3.22. The molecule has 1 heterocycles. The summed E-state index contributed by atoms with van der Waals surface area (Å²) in [7, 11) is 0. The Bertz CT molecular complexity index is 1290. The first-order chi connectivity index (χ1) is 16.2. The molecule has 0 aliphatic rings. The average molecular weight is 467 g/mol. The van der Waals surface area contributed by atoms with Crippen molar-refractivity contribution in [3.05, 3.63) is 77.9 Å². The Morgan fingerprint density at radius 1 is 1.06 bits per heavy atom. The summed E-state index contributed by atoms with van der Waals surface area (Å²) in [5.41, 5.74) is 1.86. The quantitative estimate of drug-likeness (QED) is 0.314. The predicted molar refractivity (Wildman–Crippen MR) is 125 cm³/mol. The molecule has 0 aliphatic heterocycles. The molecule has 8 heteroatoms. The third kappa shape index (κ3) is 5.39. The van der Waals surface area contributed by atoms with E-state index >= 15 is 0 Å². The van der Waals surface area contributed by atoms with Gasteiger partial charge in [0, 0.05) is 17.7 Å². The minimum atomic E-state index is -4.50. The van der Waals surface area contributed by atoms with Gasteiger partial charge in [0.1, 0.15) is 17.3 Å². The summed E-state index contributed by atoms with van der Waals surface area (Å²) in [5, 5.41) is 2.92. The molecule has 0 unspecified atom stereocenters. The smallest absolute Gasteiger partial charge is 0.419 e. The molecule has 4 rings (SSSR count). The number of carbonyl (C=O) groups is 1. The van der Waals surface area contributed by atoms with E-state index in [1.807, 2.05) is 0 Å². The Labute approximate surface area is 195 Å². The van der Waals surface area contributed by atoms with Crippen LogP contribution in [0.15, 0.2) is 66.7 Å². The zero-order valence-corrected chi connectivity index (χ0v) is 18.7. The third-order valence-corrected chi connectivity index (χ3v) is 5.30. The van der Waals surface area contributed by atoms with Gasteiger partial charge in [-0.05, 0) is 66.9 Å². The maximum absolute atomic E-state index is 13.2. The van der Waals surface area contributed by atoms with Gasteiger partial charge in [0.2, 0.25) is 0 Å². The molecule has 3 aromatic carbocycles. The molecule has 0 radical (unpaired) electrons. The van der Waals surface area contributed by atoms with Crippen LogP contribution in [0.3, 0.4) is 0 Å². The van der Waals surface area contributed by atoms with E-state index in [9.17, 15) is 18.0 Å². The van der Waals surface area contributed by atoms with Crippen molar-refractivity contribution in [3.63, 3.8) is 0 Å². The van der Waals surface area contributed by atoms with Crippen LogP contribution in [-0.2, 0) is 6.18 Å². The van der Waals surface area contributed by atoms with Crippen LogP contribution in [0.1, 0.15) is 36.2 Å². The number of para-hydroxylation sites is 1. The Kier molecular flexibility index (Phi) is 6.58. The van der Waals surface area contributed by atoms with Crippen molar-refractivity contribution in [2.75, 3.05) is 6.54 Å². The van der Waals surface area contributed by atoms with E-state index < -0.39 is 11.7 Å². The monoisotopic (exact) mass is 467 g/mol. The maximum Gasteiger partial charge on any atom is 0.419 e. The van der Waals surface area contributed by atoms with Crippen LogP contribution in [0.25, 0.3) is 22.4 Å². The largest absolute Gasteiger partial charge is 0.457 e. The number of carbonyl (C=O) groups excluding carboxylic acids is 1. The number of benzene rings is 3. The van der Waals surface area contributed by atoms with Crippen molar-refractivity contribution in [2.45, 2.75) is 26.4 Å². The lowest BCUT2D eigenvalue weighted by atomic mass is 10.1. The normalized spacial score (nSPS) is 11.7. The van der Waals surface area contributed by atoms with Gasteiger partial charge in [-0.15, -0.1) is 0 Å². The molecule has 0 saturated carbocycles. The number of nitrogens with zero attached hydrogens (tertiary/aromatic N) is 1. The van der Waals surface area contributed by atoms with Crippen LogP contribution in [0.2, 0.25) is 0 Å². The molecule has 176 valence electrons. The number of hydrogen-bond acceptors (Lipinski definition) is 3. The third-order valence-electron chi connectivity index (χ3n) is 5.30. The second-order valence-electron chi connectivity index (χ2n) is 8.38. The van der Waals surface area contributed by atoms with Crippen molar-refractivity contribution in [1.82, 2.24) is 15.3 Å². The predicted octanol–water partition coefficient (Wildman–Crippen LogP) is 6.82. The SMILES string of the molecule is CC(C)CCNC(=O)c1ccc2nc(-c3ccc(Oc4ccccc4C(F)(F)F)cc3)[nH]c2c1. The van der Waals surface area contributed by atoms with Crippen molar-refractivity contribution in [1.29, 1.82) is 0 Å². The standard InChI is InChI=1S/C26H24F3N3O2/c1-16(2)13-14-30-25(33)18-9-12-21-22(15-18)32-24(31-21)17-7-10-19(11-8-17)34-23-6-4-3-5-20(23)26(27,28)29/h3-12,15-16H,13-14H2,1-2H3,(H,30,33)(H,31,32). The zero-order chi connectivity index (χ0) is 24.3. The zero-order valence-electron chi connectivity index (χ0n) is 18.7. The number of H-pyrrole nitrogens is 1. The Morgan fingerprint density at radius 2 is 1.79 bits per heavy atom. The second-order valence-corrected chi connectivity index (χ2v) is 8.38. The number of nitrogens with one attached hydrogen (secondary N) is 2. The summed E-state index contributed by atoms with van der Waals surface area (Å²) in [6, 6.07) is 16.9. The van der Waals surface area contributed by atoms with Crippen LogP contribution in [0.5, 0.6) is 11.5 Å². The Morgan fingerprint density at radius 3 is 2.50 bits per heavy atom. The van der Waals surface area contributed by atoms with Gasteiger partial charge in [0.15, 0.2) is 0 Å². The first-order valence-electron chi connectivity index (χ1n) is 10.9. The van der Waals surface area contributed by atoms with E-state index in [1.165, 1.54) is 18.2 Å². The fourth-order valence-electron chi connectivity index (χ4n) is 3.46. The number of hydrogen-bond donors (Lipinski definition) is 2. The second kappa shape index (κ2) is 9.59. The van der Waals surface area contributed by atoms with E-state index in [0.29, 0.717) is 34.9 Å². The highest BCUT2D eigenvalue weighted by Gasteiger charge is 2.34.